The molecule has 1 saturated carbocycles. The van der Waals surface area contributed by atoms with Gasteiger partial charge in [-0.2, -0.15) is 0 Å². The van der Waals surface area contributed by atoms with E-state index in [-0.39, 0.29) is 18.6 Å². The molecule has 28 heavy (non-hydrogen) atoms. The molecule has 1 aliphatic carbocycles. The van der Waals surface area contributed by atoms with Crippen LogP contribution < -0.4 is 10.1 Å². The molecule has 0 aliphatic heterocycles. The van der Waals surface area contributed by atoms with E-state index < -0.39 is 5.97 Å². The molecule has 0 bridgehead atoms. The van der Waals surface area contributed by atoms with Gasteiger partial charge in [0.25, 0.3) is 5.91 Å². The first-order valence-electron chi connectivity index (χ1n) is 9.83. The van der Waals surface area contributed by atoms with E-state index in [2.05, 4.69) is 19.2 Å². The molecule has 2 aromatic rings. The van der Waals surface area contributed by atoms with Crippen molar-refractivity contribution in [3.05, 3.63) is 60.2 Å². The summed E-state index contributed by atoms with van der Waals surface area (Å²) in [5.74, 6) is 1.19. The zero-order chi connectivity index (χ0) is 19.9. The van der Waals surface area contributed by atoms with Crippen LogP contribution in [0.15, 0.2) is 54.6 Å². The van der Waals surface area contributed by atoms with E-state index in [1.165, 1.54) is 6.42 Å². The highest BCUT2D eigenvalue weighted by Gasteiger charge is 2.28. The second-order valence-electron chi connectivity index (χ2n) is 7.43. The Morgan fingerprint density at radius 3 is 2.50 bits per heavy atom. The van der Waals surface area contributed by atoms with Crippen molar-refractivity contribution in [1.82, 2.24) is 5.32 Å². The minimum absolute atomic E-state index is 0.142. The van der Waals surface area contributed by atoms with Crippen molar-refractivity contribution in [2.75, 3.05) is 6.61 Å². The normalized spacial score (nSPS) is 21.6. The Morgan fingerprint density at radius 2 is 1.71 bits per heavy atom. The molecule has 2 aromatic carbocycles. The largest absolute Gasteiger partial charge is 0.456 e. The Kier molecular flexibility index (Phi) is 6.69. The fraction of sp³-hybridized carbons (Fsp3) is 0.391. The van der Waals surface area contributed by atoms with E-state index in [1.807, 2.05) is 30.3 Å². The summed E-state index contributed by atoms with van der Waals surface area (Å²) >= 11 is 0. The number of para-hydroxylation sites is 2. The van der Waals surface area contributed by atoms with Gasteiger partial charge in [0.15, 0.2) is 6.61 Å². The predicted molar refractivity (Wildman–Crippen MR) is 107 cm³/mol. The minimum Gasteiger partial charge on any atom is -0.456 e. The molecule has 3 rings (SSSR count). The fourth-order valence-electron chi connectivity index (χ4n) is 3.58. The zero-order valence-corrected chi connectivity index (χ0v) is 16.4. The van der Waals surface area contributed by atoms with Crippen LogP contribution in [-0.2, 0) is 9.53 Å². The van der Waals surface area contributed by atoms with Crippen LogP contribution >= 0.6 is 0 Å². The number of hydrogen-bond acceptors (Lipinski definition) is 4. The maximum Gasteiger partial charge on any atom is 0.342 e. The Balaban J connectivity index is 1.57. The molecule has 1 N–H and O–H groups in total. The van der Waals surface area contributed by atoms with Crippen LogP contribution in [0.5, 0.6) is 11.5 Å². The summed E-state index contributed by atoms with van der Waals surface area (Å²) in [4.78, 5) is 24.7. The molecule has 0 aromatic heterocycles. The highest BCUT2D eigenvalue weighted by molar-refractivity contribution is 5.94. The van der Waals surface area contributed by atoms with Crippen LogP contribution in [0.3, 0.4) is 0 Å². The summed E-state index contributed by atoms with van der Waals surface area (Å²) in [7, 11) is 0. The minimum atomic E-state index is -0.577. The number of nitrogens with one attached hydrogen (secondary N) is 1. The number of ether oxygens (including phenoxy) is 2. The quantitative estimate of drug-likeness (QED) is 0.744. The lowest BCUT2D eigenvalue weighted by Gasteiger charge is -2.34. The lowest BCUT2D eigenvalue weighted by molar-refractivity contribution is -0.125. The van der Waals surface area contributed by atoms with Crippen LogP contribution in [0, 0.1) is 11.8 Å². The Labute approximate surface area is 166 Å². The summed E-state index contributed by atoms with van der Waals surface area (Å²) in [5.41, 5.74) is 0.291. The van der Waals surface area contributed by atoms with Crippen molar-refractivity contribution in [2.24, 2.45) is 11.8 Å². The average Bonchev–Trinajstić information content (AvgIpc) is 2.71. The second-order valence-corrected chi connectivity index (χ2v) is 7.43. The summed E-state index contributed by atoms with van der Waals surface area (Å²) < 4.78 is 11.0. The lowest BCUT2D eigenvalue weighted by Crippen LogP contribution is -2.45. The van der Waals surface area contributed by atoms with E-state index in [4.69, 9.17) is 9.47 Å². The van der Waals surface area contributed by atoms with Crippen molar-refractivity contribution in [3.8, 4) is 11.5 Å². The van der Waals surface area contributed by atoms with Gasteiger partial charge >= 0.3 is 5.97 Å². The Morgan fingerprint density at radius 1 is 1.00 bits per heavy atom. The average molecular weight is 381 g/mol. The highest BCUT2D eigenvalue weighted by Crippen LogP contribution is 2.29. The van der Waals surface area contributed by atoms with Crippen molar-refractivity contribution in [1.29, 1.82) is 0 Å². The van der Waals surface area contributed by atoms with E-state index in [0.717, 1.165) is 12.8 Å². The van der Waals surface area contributed by atoms with Crippen LogP contribution in [0.2, 0.25) is 0 Å². The van der Waals surface area contributed by atoms with Crippen LogP contribution in [0.25, 0.3) is 0 Å². The first kappa shape index (κ1) is 19.9. The third kappa shape index (κ3) is 5.12. The number of amides is 1. The number of benzene rings is 2. The summed E-state index contributed by atoms with van der Waals surface area (Å²) in [6.45, 7) is 4.08. The molecule has 1 fully saturated rings. The van der Waals surface area contributed by atoms with Crippen LogP contribution in [0.1, 0.15) is 43.5 Å². The Hall–Kier alpha value is -2.82. The van der Waals surface area contributed by atoms with E-state index in [9.17, 15) is 9.59 Å². The van der Waals surface area contributed by atoms with Gasteiger partial charge in [0.1, 0.15) is 17.1 Å². The summed E-state index contributed by atoms with van der Waals surface area (Å²) in [6, 6.07) is 16.2. The molecule has 148 valence electrons. The summed E-state index contributed by atoms with van der Waals surface area (Å²) in [5, 5.41) is 3.01. The SMILES string of the molecule is C[C@@H]1[C@H](C)CCC[C@H]1NC(=O)COC(=O)c1ccccc1Oc1ccccc1. The fourth-order valence-corrected chi connectivity index (χ4v) is 3.58. The number of rotatable bonds is 6. The van der Waals surface area contributed by atoms with Crippen molar-refractivity contribution < 1.29 is 19.1 Å². The van der Waals surface area contributed by atoms with Gasteiger partial charge in [0, 0.05) is 6.04 Å². The van der Waals surface area contributed by atoms with Gasteiger partial charge < -0.3 is 14.8 Å². The molecule has 0 spiro atoms. The molecule has 0 heterocycles. The smallest absolute Gasteiger partial charge is 0.342 e. The number of hydrogen-bond donors (Lipinski definition) is 1. The van der Waals surface area contributed by atoms with Crippen molar-refractivity contribution in [3.63, 3.8) is 0 Å². The van der Waals surface area contributed by atoms with Crippen molar-refractivity contribution >= 4 is 11.9 Å². The molecule has 1 amide bonds. The predicted octanol–water partition coefficient (Wildman–Crippen LogP) is 4.58. The monoisotopic (exact) mass is 381 g/mol. The first-order chi connectivity index (χ1) is 13.5. The van der Waals surface area contributed by atoms with Gasteiger partial charge in [-0.1, -0.05) is 57.0 Å². The molecule has 5 nitrogen and oxygen atoms in total. The first-order valence-corrected chi connectivity index (χ1v) is 9.83. The maximum atomic E-state index is 12.5. The van der Waals surface area contributed by atoms with Gasteiger partial charge in [-0.05, 0) is 42.5 Å². The zero-order valence-electron chi connectivity index (χ0n) is 16.4. The van der Waals surface area contributed by atoms with Gasteiger partial charge in [-0.15, -0.1) is 0 Å². The number of carbonyl (C=O) groups excluding carboxylic acids is 2. The second kappa shape index (κ2) is 9.40. The van der Waals surface area contributed by atoms with Crippen molar-refractivity contribution in [2.45, 2.75) is 39.2 Å². The standard InChI is InChI=1S/C23H27NO4/c1-16-9-8-13-20(17(16)2)24-22(25)15-27-23(26)19-12-6-7-14-21(19)28-18-10-4-3-5-11-18/h3-7,10-12,14,16-17,20H,8-9,13,15H2,1-2H3,(H,24,25)/t16-,17-,20-/m1/s1. The molecular weight excluding hydrogens is 354 g/mol. The van der Waals surface area contributed by atoms with E-state index in [0.29, 0.717) is 28.9 Å². The molecule has 1 aliphatic rings. The molecule has 0 unspecified atom stereocenters. The molecule has 0 radical (unpaired) electrons. The number of carbonyl (C=O) groups is 2. The third-order valence-electron chi connectivity index (χ3n) is 5.47. The lowest BCUT2D eigenvalue weighted by atomic mass is 9.78. The highest BCUT2D eigenvalue weighted by atomic mass is 16.5. The molecule has 5 heteroatoms. The van der Waals surface area contributed by atoms with Gasteiger partial charge in [0.05, 0.1) is 0 Å². The van der Waals surface area contributed by atoms with E-state index >= 15 is 0 Å². The number of esters is 1. The summed E-state index contributed by atoms with van der Waals surface area (Å²) in [6.07, 6.45) is 3.28. The maximum absolute atomic E-state index is 12.5. The Bertz CT molecular complexity index is 805. The molecule has 0 saturated heterocycles. The van der Waals surface area contributed by atoms with Crippen LogP contribution in [0.4, 0.5) is 0 Å². The third-order valence-corrected chi connectivity index (χ3v) is 5.47. The van der Waals surface area contributed by atoms with Gasteiger partial charge in [-0.25, -0.2) is 4.79 Å². The van der Waals surface area contributed by atoms with Gasteiger partial charge in [0.2, 0.25) is 0 Å². The molecular formula is C23H27NO4. The molecule has 3 atom stereocenters. The topological polar surface area (TPSA) is 64.6 Å². The van der Waals surface area contributed by atoms with Crippen LogP contribution in [-0.4, -0.2) is 24.5 Å². The van der Waals surface area contributed by atoms with Gasteiger partial charge in [-0.3, -0.25) is 4.79 Å². The van der Waals surface area contributed by atoms with E-state index in [1.54, 1.807) is 24.3 Å².